The van der Waals surface area contributed by atoms with E-state index in [0.717, 1.165) is 27.9 Å². The Kier molecular flexibility index (Phi) is 6.37. The Labute approximate surface area is 152 Å². The van der Waals surface area contributed by atoms with Crippen molar-refractivity contribution in [1.29, 1.82) is 0 Å². The zero-order chi connectivity index (χ0) is 18.4. The molecule has 0 aliphatic rings. The molecule has 0 fully saturated rings. The minimum absolute atomic E-state index is 0.0918. The minimum atomic E-state index is -0.340. The Morgan fingerprint density at radius 3 is 2.40 bits per heavy atom. The highest BCUT2D eigenvalue weighted by Gasteiger charge is 2.09. The van der Waals surface area contributed by atoms with Crippen LogP contribution in [0.15, 0.2) is 42.5 Å². The Morgan fingerprint density at radius 2 is 1.76 bits per heavy atom. The van der Waals surface area contributed by atoms with Gasteiger partial charge in [0.25, 0.3) is 0 Å². The number of nitrogens with one attached hydrogen (secondary N) is 2. The molecule has 0 unspecified atom stereocenters. The summed E-state index contributed by atoms with van der Waals surface area (Å²) < 4.78 is 0. The quantitative estimate of drug-likeness (QED) is 0.794. The summed E-state index contributed by atoms with van der Waals surface area (Å²) in [5.41, 5.74) is 4.75. The molecule has 0 saturated heterocycles. The van der Waals surface area contributed by atoms with Crippen molar-refractivity contribution in [3.63, 3.8) is 0 Å². The van der Waals surface area contributed by atoms with Gasteiger partial charge in [-0.05, 0) is 55.7 Å². The maximum Gasteiger partial charge on any atom is 0.244 e. The normalized spacial score (nSPS) is 10.7. The maximum absolute atomic E-state index is 12.1. The summed E-state index contributed by atoms with van der Waals surface area (Å²) in [7, 11) is 0. The number of amides is 2. The largest absolute Gasteiger partial charge is 0.343 e. The van der Waals surface area contributed by atoms with Gasteiger partial charge in [-0.3, -0.25) is 9.59 Å². The third-order valence-corrected chi connectivity index (χ3v) is 3.88. The molecule has 25 heavy (non-hydrogen) atoms. The molecule has 2 N–H and O–H groups in total. The van der Waals surface area contributed by atoms with E-state index in [0.29, 0.717) is 5.02 Å². The van der Waals surface area contributed by atoms with Crippen molar-refractivity contribution < 1.29 is 9.59 Å². The fourth-order valence-corrected chi connectivity index (χ4v) is 2.77. The Bertz CT molecular complexity index is 805. The molecule has 0 spiro atoms. The van der Waals surface area contributed by atoms with E-state index in [9.17, 15) is 9.59 Å². The van der Waals surface area contributed by atoms with Gasteiger partial charge in [-0.1, -0.05) is 41.4 Å². The predicted molar refractivity (Wildman–Crippen MR) is 103 cm³/mol. The second-order valence-electron chi connectivity index (χ2n) is 5.93. The zero-order valence-corrected chi connectivity index (χ0v) is 15.3. The molecule has 0 aliphatic heterocycles. The molecule has 2 rings (SSSR count). The van der Waals surface area contributed by atoms with Crippen LogP contribution in [0.5, 0.6) is 0 Å². The topological polar surface area (TPSA) is 58.2 Å². The number of hydrogen-bond donors (Lipinski definition) is 2. The lowest BCUT2D eigenvalue weighted by Crippen LogP contribution is -2.32. The SMILES string of the molecule is Cc1cc(C)c(NC(=O)CNC(=O)C=Cc2cccc(Cl)c2)c(C)c1. The van der Waals surface area contributed by atoms with Gasteiger partial charge in [0.15, 0.2) is 0 Å². The molecule has 0 radical (unpaired) electrons. The van der Waals surface area contributed by atoms with Gasteiger partial charge in [-0.2, -0.15) is 0 Å². The van der Waals surface area contributed by atoms with Gasteiger partial charge in [-0.25, -0.2) is 0 Å². The smallest absolute Gasteiger partial charge is 0.244 e. The molecule has 2 aromatic rings. The Hall–Kier alpha value is -2.59. The molecule has 0 bridgehead atoms. The summed E-state index contributed by atoms with van der Waals surface area (Å²) in [6.07, 6.45) is 3.02. The van der Waals surface area contributed by atoms with Crippen molar-refractivity contribution in [2.24, 2.45) is 0 Å². The molecule has 2 amide bonds. The summed E-state index contributed by atoms with van der Waals surface area (Å²) >= 11 is 5.89. The van der Waals surface area contributed by atoms with Crippen LogP contribution in [-0.4, -0.2) is 18.4 Å². The molecular formula is C20H21ClN2O2. The molecule has 2 aromatic carbocycles. The number of anilines is 1. The Morgan fingerprint density at radius 1 is 1.08 bits per heavy atom. The summed E-state index contributed by atoms with van der Waals surface area (Å²) in [5.74, 6) is -0.605. The van der Waals surface area contributed by atoms with Crippen molar-refractivity contribution in [1.82, 2.24) is 5.32 Å². The number of halogens is 1. The van der Waals surface area contributed by atoms with Crippen LogP contribution >= 0.6 is 11.6 Å². The van der Waals surface area contributed by atoms with E-state index in [1.165, 1.54) is 6.08 Å². The van der Waals surface area contributed by atoms with Crippen molar-refractivity contribution in [3.8, 4) is 0 Å². The second-order valence-corrected chi connectivity index (χ2v) is 6.36. The van der Waals surface area contributed by atoms with Crippen molar-refractivity contribution in [2.45, 2.75) is 20.8 Å². The summed E-state index contributed by atoms with van der Waals surface area (Å²) in [6.45, 7) is 5.81. The first-order chi connectivity index (χ1) is 11.8. The number of carbonyl (C=O) groups is 2. The molecular weight excluding hydrogens is 336 g/mol. The van der Waals surface area contributed by atoms with Gasteiger partial charge < -0.3 is 10.6 Å². The lowest BCUT2D eigenvalue weighted by atomic mass is 10.1. The van der Waals surface area contributed by atoms with E-state index in [-0.39, 0.29) is 18.4 Å². The Balaban J connectivity index is 1.88. The number of rotatable bonds is 5. The molecule has 0 heterocycles. The molecule has 0 aliphatic carbocycles. The highest BCUT2D eigenvalue weighted by molar-refractivity contribution is 6.30. The minimum Gasteiger partial charge on any atom is -0.343 e. The predicted octanol–water partition coefficient (Wildman–Crippen LogP) is 4.03. The monoisotopic (exact) mass is 356 g/mol. The molecule has 0 aromatic heterocycles. The van der Waals surface area contributed by atoms with Crippen LogP contribution in [0, 0.1) is 20.8 Å². The molecule has 130 valence electrons. The van der Waals surface area contributed by atoms with E-state index >= 15 is 0 Å². The first kappa shape index (κ1) is 18.7. The standard InChI is InChI=1S/C20H21ClN2O2/c1-13-9-14(2)20(15(3)10-13)23-19(25)12-22-18(24)8-7-16-5-4-6-17(21)11-16/h4-11H,12H2,1-3H3,(H,22,24)(H,23,25). The lowest BCUT2D eigenvalue weighted by molar-refractivity contribution is -0.121. The van der Waals surface area contributed by atoms with Crippen molar-refractivity contribution in [3.05, 3.63) is 69.8 Å². The van der Waals surface area contributed by atoms with Crippen LogP contribution in [-0.2, 0) is 9.59 Å². The van der Waals surface area contributed by atoms with E-state index < -0.39 is 0 Å². The van der Waals surface area contributed by atoms with Gasteiger partial charge in [0, 0.05) is 16.8 Å². The van der Waals surface area contributed by atoms with Gasteiger partial charge >= 0.3 is 0 Å². The lowest BCUT2D eigenvalue weighted by Gasteiger charge is -2.13. The van der Waals surface area contributed by atoms with Crippen LogP contribution in [0.2, 0.25) is 5.02 Å². The average Bonchev–Trinajstić information content (AvgIpc) is 2.54. The van der Waals surface area contributed by atoms with Crippen LogP contribution in [0.3, 0.4) is 0 Å². The summed E-state index contributed by atoms with van der Waals surface area (Å²) in [5, 5.41) is 6.02. The van der Waals surface area contributed by atoms with Crippen LogP contribution in [0.4, 0.5) is 5.69 Å². The molecule has 5 heteroatoms. The van der Waals surface area contributed by atoms with Crippen LogP contribution in [0.1, 0.15) is 22.3 Å². The van der Waals surface area contributed by atoms with E-state index in [1.54, 1.807) is 24.3 Å². The molecule has 4 nitrogen and oxygen atoms in total. The second kappa shape index (κ2) is 8.49. The van der Waals surface area contributed by atoms with Crippen molar-refractivity contribution >= 4 is 35.2 Å². The van der Waals surface area contributed by atoms with E-state index in [1.807, 2.05) is 39.0 Å². The third-order valence-electron chi connectivity index (χ3n) is 3.64. The van der Waals surface area contributed by atoms with Crippen LogP contribution < -0.4 is 10.6 Å². The highest BCUT2D eigenvalue weighted by Crippen LogP contribution is 2.21. The third kappa shape index (κ3) is 5.76. The molecule has 0 saturated carbocycles. The van der Waals surface area contributed by atoms with Gasteiger partial charge in [0.2, 0.25) is 11.8 Å². The number of aryl methyl sites for hydroxylation is 3. The number of benzene rings is 2. The van der Waals surface area contributed by atoms with E-state index in [2.05, 4.69) is 10.6 Å². The number of carbonyl (C=O) groups excluding carboxylic acids is 2. The maximum atomic E-state index is 12.1. The fourth-order valence-electron chi connectivity index (χ4n) is 2.57. The van der Waals surface area contributed by atoms with Crippen LogP contribution in [0.25, 0.3) is 6.08 Å². The highest BCUT2D eigenvalue weighted by atomic mass is 35.5. The summed E-state index contributed by atoms with van der Waals surface area (Å²) in [6, 6.07) is 11.2. The van der Waals surface area contributed by atoms with Gasteiger partial charge in [0.05, 0.1) is 6.54 Å². The van der Waals surface area contributed by atoms with Gasteiger partial charge in [-0.15, -0.1) is 0 Å². The zero-order valence-electron chi connectivity index (χ0n) is 14.5. The first-order valence-corrected chi connectivity index (χ1v) is 8.32. The molecule has 0 atom stereocenters. The van der Waals surface area contributed by atoms with Gasteiger partial charge in [0.1, 0.15) is 0 Å². The summed E-state index contributed by atoms with van der Waals surface area (Å²) in [4.78, 5) is 23.9. The number of hydrogen-bond acceptors (Lipinski definition) is 2. The first-order valence-electron chi connectivity index (χ1n) is 7.94. The van der Waals surface area contributed by atoms with E-state index in [4.69, 9.17) is 11.6 Å². The fraction of sp³-hybridized carbons (Fsp3) is 0.200. The van der Waals surface area contributed by atoms with Crippen molar-refractivity contribution in [2.75, 3.05) is 11.9 Å². The average molecular weight is 357 g/mol.